The zero-order valence-corrected chi connectivity index (χ0v) is 10.8. The van der Waals surface area contributed by atoms with Gasteiger partial charge in [-0.1, -0.05) is 37.3 Å². The first kappa shape index (κ1) is 13.5. The summed E-state index contributed by atoms with van der Waals surface area (Å²) >= 11 is 0. The highest BCUT2D eigenvalue weighted by Crippen LogP contribution is 2.19. The maximum absolute atomic E-state index is 12.1. The van der Waals surface area contributed by atoms with Crippen molar-refractivity contribution in [2.75, 3.05) is 13.1 Å². The van der Waals surface area contributed by atoms with E-state index < -0.39 is 12.0 Å². The molecule has 1 aliphatic heterocycles. The van der Waals surface area contributed by atoms with Gasteiger partial charge in [-0.25, -0.2) is 4.79 Å². The Bertz CT molecular complexity index is 457. The topological polar surface area (TPSA) is 78.4 Å². The van der Waals surface area contributed by atoms with Crippen molar-refractivity contribution in [1.82, 2.24) is 10.6 Å². The van der Waals surface area contributed by atoms with Crippen LogP contribution in [0.3, 0.4) is 0 Å². The number of carboxylic acids is 1. The Hall–Kier alpha value is -1.88. The number of hydrogen-bond acceptors (Lipinski definition) is 3. The molecule has 0 aromatic heterocycles. The zero-order chi connectivity index (χ0) is 13.8. The third-order valence-electron chi connectivity index (χ3n) is 3.60. The second kappa shape index (κ2) is 5.84. The summed E-state index contributed by atoms with van der Waals surface area (Å²) in [6.07, 6.45) is 0. The summed E-state index contributed by atoms with van der Waals surface area (Å²) in [7, 11) is 0. The van der Waals surface area contributed by atoms with Crippen molar-refractivity contribution in [3.8, 4) is 0 Å². The molecular weight excluding hydrogens is 244 g/mol. The molecule has 3 N–H and O–H groups in total. The van der Waals surface area contributed by atoms with Crippen molar-refractivity contribution in [3.05, 3.63) is 35.9 Å². The minimum absolute atomic E-state index is 0.174. The standard InChI is InChI=1S/C14H18N2O3/c1-9(11-7-15-8-11)13(17)16-12(14(18)19)10-5-3-2-4-6-10/h2-6,9,11-12,15H,7-8H2,1H3,(H,16,17)(H,18,19). The first-order valence-electron chi connectivity index (χ1n) is 6.38. The molecule has 1 amide bonds. The van der Waals surface area contributed by atoms with E-state index in [1.807, 2.05) is 13.0 Å². The summed E-state index contributed by atoms with van der Waals surface area (Å²) in [4.78, 5) is 23.3. The van der Waals surface area contributed by atoms with E-state index in [1.165, 1.54) is 0 Å². The quantitative estimate of drug-likeness (QED) is 0.733. The van der Waals surface area contributed by atoms with Crippen LogP contribution in [-0.4, -0.2) is 30.1 Å². The lowest BCUT2D eigenvalue weighted by molar-refractivity contribution is -0.143. The van der Waals surface area contributed by atoms with Gasteiger partial charge < -0.3 is 15.7 Å². The SMILES string of the molecule is CC(C(=O)NC(C(=O)O)c1ccccc1)C1CNC1. The van der Waals surface area contributed by atoms with Gasteiger partial charge in [0.2, 0.25) is 5.91 Å². The predicted octanol–water partition coefficient (Wildman–Crippen LogP) is 0.784. The van der Waals surface area contributed by atoms with Gasteiger partial charge in [-0.05, 0) is 24.6 Å². The van der Waals surface area contributed by atoms with E-state index in [9.17, 15) is 14.7 Å². The largest absolute Gasteiger partial charge is 0.479 e. The van der Waals surface area contributed by atoms with Gasteiger partial charge in [-0.2, -0.15) is 0 Å². The van der Waals surface area contributed by atoms with Gasteiger partial charge in [-0.3, -0.25) is 4.79 Å². The molecule has 0 bridgehead atoms. The van der Waals surface area contributed by atoms with E-state index in [1.54, 1.807) is 24.3 Å². The van der Waals surface area contributed by atoms with Crippen molar-refractivity contribution in [1.29, 1.82) is 0 Å². The van der Waals surface area contributed by atoms with E-state index in [4.69, 9.17) is 0 Å². The van der Waals surface area contributed by atoms with Gasteiger partial charge in [0, 0.05) is 5.92 Å². The average molecular weight is 262 g/mol. The van der Waals surface area contributed by atoms with Crippen LogP contribution >= 0.6 is 0 Å². The van der Waals surface area contributed by atoms with E-state index in [-0.39, 0.29) is 11.8 Å². The van der Waals surface area contributed by atoms with Gasteiger partial charge >= 0.3 is 5.97 Å². The van der Waals surface area contributed by atoms with Crippen molar-refractivity contribution in [2.45, 2.75) is 13.0 Å². The first-order chi connectivity index (χ1) is 9.09. The van der Waals surface area contributed by atoms with Gasteiger partial charge in [0.1, 0.15) is 0 Å². The third kappa shape index (κ3) is 3.12. The normalized spacial score (nSPS) is 18.2. The van der Waals surface area contributed by atoms with Gasteiger partial charge in [0.25, 0.3) is 0 Å². The number of carbonyl (C=O) groups is 2. The van der Waals surface area contributed by atoms with Crippen LogP contribution in [0.25, 0.3) is 0 Å². The maximum Gasteiger partial charge on any atom is 0.330 e. The molecule has 2 rings (SSSR count). The number of aliphatic carboxylic acids is 1. The molecule has 0 spiro atoms. The van der Waals surface area contributed by atoms with Crippen LogP contribution in [-0.2, 0) is 9.59 Å². The second-order valence-electron chi connectivity index (χ2n) is 4.90. The zero-order valence-electron chi connectivity index (χ0n) is 10.8. The number of rotatable bonds is 5. The monoisotopic (exact) mass is 262 g/mol. The average Bonchev–Trinajstić information content (AvgIpc) is 2.34. The van der Waals surface area contributed by atoms with Crippen LogP contribution in [0.1, 0.15) is 18.5 Å². The summed E-state index contributed by atoms with van der Waals surface area (Å²) in [5.41, 5.74) is 0.585. The van der Waals surface area contributed by atoms with Crippen molar-refractivity contribution >= 4 is 11.9 Å². The molecule has 102 valence electrons. The van der Waals surface area contributed by atoms with Crippen LogP contribution in [0.5, 0.6) is 0 Å². The van der Waals surface area contributed by atoms with Gasteiger partial charge in [-0.15, -0.1) is 0 Å². The lowest BCUT2D eigenvalue weighted by atomic mass is 9.88. The van der Waals surface area contributed by atoms with Crippen LogP contribution < -0.4 is 10.6 Å². The smallest absolute Gasteiger partial charge is 0.330 e. The lowest BCUT2D eigenvalue weighted by Gasteiger charge is -2.32. The Morgan fingerprint density at radius 3 is 2.42 bits per heavy atom. The summed E-state index contributed by atoms with van der Waals surface area (Å²) < 4.78 is 0. The fraction of sp³-hybridized carbons (Fsp3) is 0.429. The van der Waals surface area contributed by atoms with Crippen LogP contribution in [0.15, 0.2) is 30.3 Å². The molecule has 1 aromatic rings. The van der Waals surface area contributed by atoms with Crippen LogP contribution in [0.2, 0.25) is 0 Å². The molecule has 2 unspecified atom stereocenters. The Kier molecular flexibility index (Phi) is 4.16. The van der Waals surface area contributed by atoms with Crippen molar-refractivity contribution < 1.29 is 14.7 Å². The number of carbonyl (C=O) groups excluding carboxylic acids is 1. The maximum atomic E-state index is 12.1. The number of carboxylic acid groups (broad SMARTS) is 1. The molecule has 1 fully saturated rings. The number of amides is 1. The minimum atomic E-state index is -1.04. The molecule has 5 nitrogen and oxygen atoms in total. The summed E-state index contributed by atoms with van der Waals surface area (Å²) in [6.45, 7) is 3.47. The van der Waals surface area contributed by atoms with E-state index in [0.717, 1.165) is 13.1 Å². The number of nitrogens with one attached hydrogen (secondary N) is 2. The number of benzene rings is 1. The second-order valence-corrected chi connectivity index (χ2v) is 4.90. The summed E-state index contributed by atoms with van der Waals surface area (Å²) in [6, 6.07) is 7.76. The van der Waals surface area contributed by atoms with E-state index >= 15 is 0 Å². The van der Waals surface area contributed by atoms with Gasteiger partial charge in [0.15, 0.2) is 6.04 Å². The van der Waals surface area contributed by atoms with Crippen molar-refractivity contribution in [2.24, 2.45) is 11.8 Å². The molecule has 1 aliphatic rings. The molecule has 2 atom stereocenters. The predicted molar refractivity (Wildman–Crippen MR) is 70.5 cm³/mol. The Balaban J connectivity index is 2.04. The molecule has 5 heteroatoms. The highest BCUT2D eigenvalue weighted by atomic mass is 16.4. The van der Waals surface area contributed by atoms with Crippen LogP contribution in [0.4, 0.5) is 0 Å². The fourth-order valence-corrected chi connectivity index (χ4v) is 2.09. The Morgan fingerprint density at radius 2 is 1.95 bits per heavy atom. The lowest BCUT2D eigenvalue weighted by Crippen LogP contribution is -2.50. The molecule has 1 saturated heterocycles. The fourth-order valence-electron chi connectivity index (χ4n) is 2.09. The molecule has 1 heterocycles. The molecule has 0 radical (unpaired) electrons. The molecular formula is C14H18N2O3. The van der Waals surface area contributed by atoms with E-state index in [2.05, 4.69) is 10.6 Å². The molecule has 0 aliphatic carbocycles. The highest BCUT2D eigenvalue weighted by Gasteiger charge is 2.31. The molecule has 19 heavy (non-hydrogen) atoms. The van der Waals surface area contributed by atoms with Gasteiger partial charge in [0.05, 0.1) is 0 Å². The van der Waals surface area contributed by atoms with E-state index in [0.29, 0.717) is 11.5 Å². The molecule has 1 aromatic carbocycles. The van der Waals surface area contributed by atoms with Crippen LogP contribution in [0, 0.1) is 11.8 Å². The summed E-state index contributed by atoms with van der Waals surface area (Å²) in [5.74, 6) is -1.13. The third-order valence-corrected chi connectivity index (χ3v) is 3.60. The highest BCUT2D eigenvalue weighted by molar-refractivity contribution is 5.85. The first-order valence-corrected chi connectivity index (χ1v) is 6.38. The molecule has 0 saturated carbocycles. The Labute approximate surface area is 112 Å². The number of hydrogen-bond donors (Lipinski definition) is 3. The minimum Gasteiger partial charge on any atom is -0.479 e. The summed E-state index contributed by atoms with van der Waals surface area (Å²) in [5, 5.41) is 15.0. The van der Waals surface area contributed by atoms with Crippen molar-refractivity contribution in [3.63, 3.8) is 0 Å². The Morgan fingerprint density at radius 1 is 1.32 bits per heavy atom.